The van der Waals surface area contributed by atoms with Crippen LogP contribution in [-0.4, -0.2) is 30.3 Å². The number of nitrogens with zero attached hydrogens (tertiary/aromatic N) is 1. The van der Waals surface area contributed by atoms with Crippen LogP contribution in [0.4, 0.5) is 0 Å². The molecule has 1 saturated heterocycles. The van der Waals surface area contributed by atoms with E-state index in [1.54, 1.807) is 0 Å². The third-order valence-corrected chi connectivity index (χ3v) is 4.79. The summed E-state index contributed by atoms with van der Waals surface area (Å²) < 4.78 is 0. The van der Waals surface area contributed by atoms with Crippen LogP contribution in [0.1, 0.15) is 64.7 Å². The minimum atomic E-state index is 0.228. The molecule has 0 aromatic carbocycles. The van der Waals surface area contributed by atoms with Crippen LogP contribution < -0.4 is 0 Å². The van der Waals surface area contributed by atoms with Gasteiger partial charge in [-0.3, -0.25) is 4.79 Å². The second kappa shape index (κ2) is 9.19. The number of carbonyl (C=O) groups excluding carboxylic acids is 1. The molecular formula is C19H31NO. The van der Waals surface area contributed by atoms with Crippen molar-refractivity contribution in [1.29, 1.82) is 0 Å². The first-order valence-electron chi connectivity index (χ1n) is 8.93. The highest BCUT2D eigenvalue weighted by Crippen LogP contribution is 2.23. The number of hydrogen-bond donors (Lipinski definition) is 0. The summed E-state index contributed by atoms with van der Waals surface area (Å²) in [6, 6.07) is 0. The van der Waals surface area contributed by atoms with Gasteiger partial charge in [0.05, 0.1) is 0 Å². The smallest absolute Gasteiger partial charge is 0.163 e. The molecule has 0 aromatic rings. The van der Waals surface area contributed by atoms with E-state index in [1.807, 2.05) is 12.2 Å². The number of Topliss-reactive ketones (excluding diaryl/α,β-unsaturated/α-hetero) is 1. The number of ketones is 1. The van der Waals surface area contributed by atoms with Crippen LogP contribution in [0.5, 0.6) is 0 Å². The molecule has 0 radical (unpaired) electrons. The summed E-state index contributed by atoms with van der Waals surface area (Å²) in [6.45, 7) is 5.61. The Morgan fingerprint density at radius 1 is 1.19 bits per heavy atom. The topological polar surface area (TPSA) is 20.3 Å². The van der Waals surface area contributed by atoms with E-state index in [4.69, 9.17) is 0 Å². The summed E-state index contributed by atoms with van der Waals surface area (Å²) in [7, 11) is 0. The SMILES string of the molecule is CCCCCCC(CN1CCCCC1)C(=O)C1=CC=CC1. The van der Waals surface area contributed by atoms with Crippen molar-refractivity contribution in [3.8, 4) is 0 Å². The van der Waals surface area contributed by atoms with Gasteiger partial charge in [-0.05, 0) is 44.3 Å². The van der Waals surface area contributed by atoms with Gasteiger partial charge in [0.2, 0.25) is 0 Å². The molecule has 2 heteroatoms. The molecule has 21 heavy (non-hydrogen) atoms. The van der Waals surface area contributed by atoms with Crippen molar-refractivity contribution in [1.82, 2.24) is 4.90 Å². The molecule has 1 unspecified atom stereocenters. The molecular weight excluding hydrogens is 258 g/mol. The predicted octanol–water partition coefficient (Wildman–Crippen LogP) is 4.51. The Morgan fingerprint density at radius 3 is 2.67 bits per heavy atom. The van der Waals surface area contributed by atoms with Crippen LogP contribution in [0.15, 0.2) is 23.8 Å². The average molecular weight is 289 g/mol. The third kappa shape index (κ3) is 5.43. The molecule has 2 nitrogen and oxygen atoms in total. The maximum Gasteiger partial charge on any atom is 0.163 e. The van der Waals surface area contributed by atoms with Gasteiger partial charge in [-0.2, -0.15) is 0 Å². The van der Waals surface area contributed by atoms with Crippen molar-refractivity contribution in [2.45, 2.75) is 64.7 Å². The summed E-state index contributed by atoms with van der Waals surface area (Å²) in [5.41, 5.74) is 1.03. The Balaban J connectivity index is 1.87. The number of carbonyl (C=O) groups is 1. The standard InChI is InChI=1S/C19H31NO/c1-2-3-4-6-13-18(16-20-14-9-5-10-15-20)19(21)17-11-7-8-12-17/h7-8,11,18H,2-6,9-10,12-16H2,1H3. The molecule has 118 valence electrons. The first-order valence-corrected chi connectivity index (χ1v) is 8.93. The minimum absolute atomic E-state index is 0.228. The molecule has 1 heterocycles. The fourth-order valence-electron chi connectivity index (χ4n) is 3.47. The summed E-state index contributed by atoms with van der Waals surface area (Å²) in [5, 5.41) is 0. The molecule has 1 aliphatic heterocycles. The number of hydrogen-bond acceptors (Lipinski definition) is 2. The molecule has 0 bridgehead atoms. The number of rotatable bonds is 9. The molecule has 1 fully saturated rings. The molecule has 0 saturated carbocycles. The van der Waals surface area contributed by atoms with Crippen LogP contribution in [0.3, 0.4) is 0 Å². The van der Waals surface area contributed by atoms with Gasteiger partial charge < -0.3 is 4.90 Å². The number of piperidine rings is 1. The van der Waals surface area contributed by atoms with Crippen molar-refractivity contribution < 1.29 is 4.79 Å². The highest BCUT2D eigenvalue weighted by Gasteiger charge is 2.25. The van der Waals surface area contributed by atoms with Crippen LogP contribution in [0.25, 0.3) is 0 Å². The fraction of sp³-hybridized carbons (Fsp3) is 0.737. The van der Waals surface area contributed by atoms with Crippen molar-refractivity contribution >= 4 is 5.78 Å². The van der Waals surface area contributed by atoms with Gasteiger partial charge in [-0.25, -0.2) is 0 Å². The minimum Gasteiger partial charge on any atom is -0.303 e. The Kier molecular flexibility index (Phi) is 7.21. The van der Waals surface area contributed by atoms with E-state index in [9.17, 15) is 4.79 Å². The molecule has 0 N–H and O–H groups in total. The molecule has 2 rings (SSSR count). The van der Waals surface area contributed by atoms with E-state index < -0.39 is 0 Å². The summed E-state index contributed by atoms with van der Waals surface area (Å²) in [6.07, 6.45) is 17.1. The molecule has 2 aliphatic rings. The summed E-state index contributed by atoms with van der Waals surface area (Å²) in [4.78, 5) is 15.3. The lowest BCUT2D eigenvalue weighted by Crippen LogP contribution is -2.37. The summed E-state index contributed by atoms with van der Waals surface area (Å²) in [5.74, 6) is 0.646. The quantitative estimate of drug-likeness (QED) is 0.582. The maximum absolute atomic E-state index is 12.7. The molecule has 1 aliphatic carbocycles. The second-order valence-electron chi connectivity index (χ2n) is 6.60. The van der Waals surface area contributed by atoms with E-state index in [1.165, 1.54) is 58.0 Å². The van der Waals surface area contributed by atoms with Gasteiger partial charge >= 0.3 is 0 Å². The normalized spacial score (nSPS) is 20.5. The van der Waals surface area contributed by atoms with Crippen molar-refractivity contribution in [2.75, 3.05) is 19.6 Å². The second-order valence-corrected chi connectivity index (χ2v) is 6.60. The van der Waals surface area contributed by atoms with E-state index in [0.29, 0.717) is 5.78 Å². The van der Waals surface area contributed by atoms with E-state index in [2.05, 4.69) is 17.9 Å². The number of unbranched alkanes of at least 4 members (excludes halogenated alkanes) is 3. The maximum atomic E-state index is 12.7. The lowest BCUT2D eigenvalue weighted by molar-refractivity contribution is -0.120. The first-order chi connectivity index (χ1) is 10.3. The molecule has 0 aromatic heterocycles. The zero-order valence-electron chi connectivity index (χ0n) is 13.7. The average Bonchev–Trinajstić information content (AvgIpc) is 3.05. The van der Waals surface area contributed by atoms with E-state index in [0.717, 1.165) is 25.0 Å². The zero-order valence-corrected chi connectivity index (χ0v) is 13.7. The van der Waals surface area contributed by atoms with Crippen LogP contribution in [0, 0.1) is 5.92 Å². The first kappa shape index (κ1) is 16.5. The Morgan fingerprint density at radius 2 is 2.00 bits per heavy atom. The molecule has 0 spiro atoms. The van der Waals surface area contributed by atoms with E-state index in [-0.39, 0.29) is 5.92 Å². The van der Waals surface area contributed by atoms with Gasteiger partial charge in [0.15, 0.2) is 5.78 Å². The van der Waals surface area contributed by atoms with Crippen LogP contribution in [-0.2, 0) is 4.79 Å². The Hall–Kier alpha value is -0.890. The van der Waals surface area contributed by atoms with Gasteiger partial charge in [0.25, 0.3) is 0 Å². The van der Waals surface area contributed by atoms with Crippen molar-refractivity contribution in [2.24, 2.45) is 5.92 Å². The lowest BCUT2D eigenvalue weighted by atomic mass is 9.90. The van der Waals surface area contributed by atoms with Gasteiger partial charge in [0, 0.05) is 12.5 Å². The highest BCUT2D eigenvalue weighted by atomic mass is 16.1. The predicted molar refractivity (Wildman–Crippen MR) is 89.4 cm³/mol. The monoisotopic (exact) mass is 289 g/mol. The Bertz CT molecular complexity index is 377. The third-order valence-electron chi connectivity index (χ3n) is 4.79. The number of allylic oxidation sites excluding steroid dienone is 4. The van der Waals surface area contributed by atoms with Gasteiger partial charge in [-0.15, -0.1) is 0 Å². The van der Waals surface area contributed by atoms with Crippen molar-refractivity contribution in [3.63, 3.8) is 0 Å². The molecule has 1 atom stereocenters. The van der Waals surface area contributed by atoms with Crippen LogP contribution in [0.2, 0.25) is 0 Å². The van der Waals surface area contributed by atoms with Gasteiger partial charge in [0.1, 0.15) is 0 Å². The summed E-state index contributed by atoms with van der Waals surface area (Å²) >= 11 is 0. The Labute approximate surface area is 130 Å². The van der Waals surface area contributed by atoms with E-state index >= 15 is 0 Å². The lowest BCUT2D eigenvalue weighted by Gasteiger charge is -2.30. The largest absolute Gasteiger partial charge is 0.303 e. The highest BCUT2D eigenvalue weighted by molar-refractivity contribution is 5.98. The van der Waals surface area contributed by atoms with Gasteiger partial charge in [-0.1, -0.05) is 57.3 Å². The number of likely N-dealkylation sites (tertiary alicyclic amines) is 1. The van der Waals surface area contributed by atoms with Crippen molar-refractivity contribution in [3.05, 3.63) is 23.8 Å². The fourth-order valence-corrected chi connectivity index (χ4v) is 3.47. The zero-order chi connectivity index (χ0) is 14.9. The van der Waals surface area contributed by atoms with Crippen LogP contribution >= 0.6 is 0 Å². The molecule has 0 amide bonds.